The van der Waals surface area contributed by atoms with Crippen molar-refractivity contribution in [2.24, 2.45) is 0 Å². The van der Waals surface area contributed by atoms with Crippen LogP contribution in [0.4, 0.5) is 13.2 Å². The SMILES string of the molecule is O=C(CSc1nccc(C(F)(F)F)n1)c1c[nH]c2ccccc12. The van der Waals surface area contributed by atoms with Gasteiger partial charge in [0, 0.05) is 28.9 Å². The molecule has 0 fully saturated rings. The molecular formula is C15H10F3N3OS. The number of nitrogens with one attached hydrogen (secondary N) is 1. The predicted molar refractivity (Wildman–Crippen MR) is 80.4 cm³/mol. The van der Waals surface area contributed by atoms with Crippen LogP contribution in [0.15, 0.2) is 47.9 Å². The second-order valence-electron chi connectivity index (χ2n) is 4.68. The van der Waals surface area contributed by atoms with E-state index in [4.69, 9.17) is 0 Å². The Labute approximate surface area is 133 Å². The molecule has 0 atom stereocenters. The number of halogens is 3. The molecule has 0 radical (unpaired) electrons. The molecule has 1 aromatic carbocycles. The number of Topliss-reactive ketones (excluding diaryl/α,β-unsaturated/α-hetero) is 1. The summed E-state index contributed by atoms with van der Waals surface area (Å²) in [7, 11) is 0. The molecule has 118 valence electrons. The Balaban J connectivity index is 1.75. The number of nitrogens with zero attached hydrogens (tertiary/aromatic N) is 2. The lowest BCUT2D eigenvalue weighted by Gasteiger charge is -2.06. The number of carbonyl (C=O) groups excluding carboxylic acids is 1. The number of benzene rings is 1. The molecule has 0 amide bonds. The molecular weight excluding hydrogens is 327 g/mol. The quantitative estimate of drug-likeness (QED) is 0.445. The summed E-state index contributed by atoms with van der Waals surface area (Å²) in [5.41, 5.74) is 0.311. The molecule has 2 aromatic heterocycles. The fraction of sp³-hybridized carbons (Fsp3) is 0.133. The highest BCUT2D eigenvalue weighted by Crippen LogP contribution is 2.28. The van der Waals surface area contributed by atoms with E-state index in [1.807, 2.05) is 24.3 Å². The smallest absolute Gasteiger partial charge is 0.360 e. The summed E-state index contributed by atoms with van der Waals surface area (Å²) < 4.78 is 37.8. The van der Waals surface area contributed by atoms with Crippen LogP contribution in [0, 0.1) is 0 Å². The molecule has 0 unspecified atom stereocenters. The van der Waals surface area contributed by atoms with E-state index in [1.54, 1.807) is 6.20 Å². The number of ketones is 1. The van der Waals surface area contributed by atoms with Crippen LogP contribution in [0.2, 0.25) is 0 Å². The molecule has 4 nitrogen and oxygen atoms in total. The second-order valence-corrected chi connectivity index (χ2v) is 5.62. The molecule has 3 rings (SSSR count). The van der Waals surface area contributed by atoms with Gasteiger partial charge >= 0.3 is 6.18 Å². The molecule has 0 saturated carbocycles. The number of rotatable bonds is 4. The number of H-pyrrole nitrogens is 1. The van der Waals surface area contributed by atoms with Gasteiger partial charge in [0.2, 0.25) is 0 Å². The number of thioether (sulfide) groups is 1. The maximum Gasteiger partial charge on any atom is 0.433 e. The molecule has 1 N–H and O–H groups in total. The Kier molecular flexibility index (Phi) is 4.08. The highest BCUT2D eigenvalue weighted by atomic mass is 32.2. The molecule has 0 aliphatic rings. The summed E-state index contributed by atoms with van der Waals surface area (Å²) in [5, 5.41) is 0.705. The van der Waals surface area contributed by atoms with Crippen LogP contribution in [0.25, 0.3) is 10.9 Å². The van der Waals surface area contributed by atoms with E-state index in [2.05, 4.69) is 15.0 Å². The lowest BCUT2D eigenvalue weighted by molar-refractivity contribution is -0.141. The molecule has 0 bridgehead atoms. The predicted octanol–water partition coefficient (Wildman–Crippen LogP) is 3.95. The minimum atomic E-state index is -4.53. The Hall–Kier alpha value is -2.35. The summed E-state index contributed by atoms with van der Waals surface area (Å²) in [6.07, 6.45) is -1.89. The van der Waals surface area contributed by atoms with E-state index in [-0.39, 0.29) is 16.7 Å². The van der Waals surface area contributed by atoms with Crippen LogP contribution in [0.5, 0.6) is 0 Å². The van der Waals surface area contributed by atoms with Crippen molar-refractivity contribution >= 4 is 28.4 Å². The highest BCUT2D eigenvalue weighted by Gasteiger charge is 2.32. The normalized spacial score (nSPS) is 11.8. The van der Waals surface area contributed by atoms with Gasteiger partial charge in [-0.05, 0) is 12.1 Å². The van der Waals surface area contributed by atoms with Crippen LogP contribution in [0.3, 0.4) is 0 Å². The van der Waals surface area contributed by atoms with Gasteiger partial charge in [0.15, 0.2) is 10.9 Å². The van der Waals surface area contributed by atoms with Gasteiger partial charge in [0.25, 0.3) is 0 Å². The second kappa shape index (κ2) is 6.04. The molecule has 0 aliphatic heterocycles. The zero-order chi connectivity index (χ0) is 16.4. The monoisotopic (exact) mass is 337 g/mol. The number of fused-ring (bicyclic) bond motifs is 1. The standard InChI is InChI=1S/C15H10F3N3OS/c16-15(17,18)13-5-6-19-14(21-13)23-8-12(22)10-7-20-11-4-2-1-3-9(10)11/h1-7,20H,8H2. The summed E-state index contributed by atoms with van der Waals surface area (Å²) in [4.78, 5) is 22.4. The van der Waals surface area contributed by atoms with Crippen molar-refractivity contribution in [3.63, 3.8) is 0 Å². The van der Waals surface area contributed by atoms with Crippen molar-refractivity contribution in [1.82, 2.24) is 15.0 Å². The highest BCUT2D eigenvalue weighted by molar-refractivity contribution is 7.99. The van der Waals surface area contributed by atoms with E-state index in [0.29, 0.717) is 5.56 Å². The number of aromatic nitrogens is 3. The van der Waals surface area contributed by atoms with Gasteiger partial charge < -0.3 is 4.98 Å². The van der Waals surface area contributed by atoms with Crippen molar-refractivity contribution in [2.45, 2.75) is 11.3 Å². The number of para-hydroxylation sites is 1. The first kappa shape index (κ1) is 15.5. The number of hydrogen-bond donors (Lipinski definition) is 1. The molecule has 8 heteroatoms. The fourth-order valence-corrected chi connectivity index (χ4v) is 2.79. The van der Waals surface area contributed by atoms with Gasteiger partial charge in [0.1, 0.15) is 5.69 Å². The zero-order valence-electron chi connectivity index (χ0n) is 11.6. The molecule has 3 aromatic rings. The number of aromatic amines is 1. The largest absolute Gasteiger partial charge is 0.433 e. The van der Waals surface area contributed by atoms with Crippen LogP contribution < -0.4 is 0 Å². The Morgan fingerprint density at radius 1 is 1.22 bits per heavy atom. The lowest BCUT2D eigenvalue weighted by atomic mass is 10.1. The third-order valence-corrected chi connectivity index (χ3v) is 4.01. The minimum Gasteiger partial charge on any atom is -0.360 e. The van der Waals surface area contributed by atoms with Crippen molar-refractivity contribution < 1.29 is 18.0 Å². The first-order chi connectivity index (χ1) is 10.9. The van der Waals surface area contributed by atoms with E-state index in [9.17, 15) is 18.0 Å². The number of alkyl halides is 3. The van der Waals surface area contributed by atoms with Gasteiger partial charge in [-0.2, -0.15) is 13.2 Å². The van der Waals surface area contributed by atoms with Crippen LogP contribution in [-0.2, 0) is 6.18 Å². The van der Waals surface area contributed by atoms with Crippen molar-refractivity contribution in [1.29, 1.82) is 0 Å². The summed E-state index contributed by atoms with van der Waals surface area (Å²) in [6, 6.07) is 8.11. The third kappa shape index (κ3) is 3.37. The molecule has 23 heavy (non-hydrogen) atoms. The van der Waals surface area contributed by atoms with E-state index in [1.165, 1.54) is 0 Å². The average Bonchev–Trinajstić information content (AvgIpc) is 2.96. The summed E-state index contributed by atoms with van der Waals surface area (Å²) in [5.74, 6) is -0.239. The van der Waals surface area contributed by atoms with E-state index >= 15 is 0 Å². The maximum absolute atomic E-state index is 12.6. The van der Waals surface area contributed by atoms with Crippen LogP contribution in [0.1, 0.15) is 16.1 Å². The maximum atomic E-state index is 12.6. The minimum absolute atomic E-state index is 0.0385. The molecule has 0 saturated heterocycles. The van der Waals surface area contributed by atoms with Gasteiger partial charge in [-0.15, -0.1) is 0 Å². The van der Waals surface area contributed by atoms with Gasteiger partial charge in [-0.1, -0.05) is 30.0 Å². The topological polar surface area (TPSA) is 58.6 Å². The van der Waals surface area contributed by atoms with Gasteiger partial charge in [-0.3, -0.25) is 4.79 Å². The zero-order valence-corrected chi connectivity index (χ0v) is 12.4. The summed E-state index contributed by atoms with van der Waals surface area (Å²) in [6.45, 7) is 0. The third-order valence-electron chi connectivity index (χ3n) is 3.15. The molecule has 0 aliphatic carbocycles. The lowest BCUT2D eigenvalue weighted by Crippen LogP contribution is -2.09. The first-order valence-corrected chi connectivity index (χ1v) is 7.56. The fourth-order valence-electron chi connectivity index (χ4n) is 2.08. The van der Waals surface area contributed by atoms with Crippen LogP contribution in [-0.4, -0.2) is 26.5 Å². The van der Waals surface area contributed by atoms with Gasteiger partial charge in [0.05, 0.1) is 5.75 Å². The van der Waals surface area contributed by atoms with E-state index in [0.717, 1.165) is 34.9 Å². The number of carbonyl (C=O) groups is 1. The molecule has 0 spiro atoms. The number of hydrogen-bond acceptors (Lipinski definition) is 4. The summed E-state index contributed by atoms with van der Waals surface area (Å²) >= 11 is 0.880. The Bertz CT molecular complexity index is 860. The Morgan fingerprint density at radius 2 is 2.00 bits per heavy atom. The molecule has 2 heterocycles. The Morgan fingerprint density at radius 3 is 2.78 bits per heavy atom. The van der Waals surface area contributed by atoms with E-state index < -0.39 is 11.9 Å². The van der Waals surface area contributed by atoms with Crippen molar-refractivity contribution in [2.75, 3.05) is 5.75 Å². The van der Waals surface area contributed by atoms with Crippen molar-refractivity contribution in [3.05, 3.63) is 54.0 Å². The van der Waals surface area contributed by atoms with Crippen LogP contribution >= 0.6 is 11.8 Å². The first-order valence-electron chi connectivity index (χ1n) is 6.57. The van der Waals surface area contributed by atoms with Crippen molar-refractivity contribution in [3.8, 4) is 0 Å². The average molecular weight is 337 g/mol. The van der Waals surface area contributed by atoms with Gasteiger partial charge in [-0.25, -0.2) is 9.97 Å².